The number of hydrogen-bond donors (Lipinski definition) is 1. The van der Waals surface area contributed by atoms with Crippen molar-refractivity contribution in [2.75, 3.05) is 19.0 Å². The maximum Gasteiger partial charge on any atom is 0.293 e. The van der Waals surface area contributed by atoms with Crippen LogP contribution in [-0.4, -0.2) is 45.3 Å². The molecule has 25 heavy (non-hydrogen) atoms. The smallest absolute Gasteiger partial charge is 0.293 e. The van der Waals surface area contributed by atoms with E-state index in [1.54, 1.807) is 15.6 Å². The lowest BCUT2D eigenvalue weighted by Crippen LogP contribution is -2.36. The Labute approximate surface area is 144 Å². The van der Waals surface area contributed by atoms with Gasteiger partial charge in [-0.05, 0) is 43.0 Å². The number of aromatic nitrogens is 3. The summed E-state index contributed by atoms with van der Waals surface area (Å²) in [6.45, 7) is 3.72. The Morgan fingerprint density at radius 1 is 1.36 bits per heavy atom. The zero-order valence-corrected chi connectivity index (χ0v) is 14.3. The molecule has 0 bridgehead atoms. The maximum absolute atomic E-state index is 14.0. The molecule has 0 radical (unpaired) electrons. The number of ether oxygens (including phenoxy) is 1. The van der Waals surface area contributed by atoms with E-state index in [4.69, 9.17) is 4.74 Å². The Balaban J connectivity index is 1.55. The van der Waals surface area contributed by atoms with Crippen LogP contribution in [-0.2, 0) is 19.5 Å². The third-order valence-corrected chi connectivity index (χ3v) is 4.79. The molecule has 2 aromatic rings. The Hall–Kier alpha value is -2.64. The number of nitrogens with zero attached hydrogens (tertiary/aromatic N) is 4. The minimum absolute atomic E-state index is 0.189. The van der Waals surface area contributed by atoms with Gasteiger partial charge < -0.3 is 15.0 Å². The fraction of sp³-hybridized carbons (Fsp3) is 0.471. The van der Waals surface area contributed by atoms with Gasteiger partial charge >= 0.3 is 0 Å². The second-order valence-corrected chi connectivity index (χ2v) is 6.55. The summed E-state index contributed by atoms with van der Waals surface area (Å²) in [4.78, 5) is 18.8. The molecule has 1 unspecified atom stereocenters. The van der Waals surface area contributed by atoms with E-state index in [1.807, 2.05) is 0 Å². The number of rotatable bonds is 2. The third kappa shape index (κ3) is 2.81. The molecule has 132 valence electrons. The highest BCUT2D eigenvalue weighted by atomic mass is 19.1. The zero-order chi connectivity index (χ0) is 17.6. The summed E-state index contributed by atoms with van der Waals surface area (Å²) in [7, 11) is 1.45. The predicted octanol–water partition coefficient (Wildman–Crippen LogP) is 1.83. The van der Waals surface area contributed by atoms with Crippen LogP contribution in [0, 0.1) is 5.82 Å². The molecule has 8 heteroatoms. The van der Waals surface area contributed by atoms with Gasteiger partial charge in [0.15, 0.2) is 11.6 Å². The van der Waals surface area contributed by atoms with Gasteiger partial charge in [-0.3, -0.25) is 4.79 Å². The van der Waals surface area contributed by atoms with Gasteiger partial charge in [0.25, 0.3) is 5.91 Å². The van der Waals surface area contributed by atoms with Gasteiger partial charge in [-0.15, -0.1) is 5.10 Å². The Bertz CT molecular complexity index is 835. The van der Waals surface area contributed by atoms with Crippen molar-refractivity contribution < 1.29 is 13.9 Å². The van der Waals surface area contributed by atoms with Crippen LogP contribution in [0.15, 0.2) is 12.1 Å². The lowest BCUT2D eigenvalue weighted by molar-refractivity contribution is 0.0721. The van der Waals surface area contributed by atoms with Crippen molar-refractivity contribution in [1.29, 1.82) is 0 Å². The molecule has 1 N–H and O–H groups in total. The first-order chi connectivity index (χ1) is 12.0. The van der Waals surface area contributed by atoms with E-state index in [2.05, 4.69) is 22.3 Å². The number of hydrogen-bond acceptors (Lipinski definition) is 5. The quantitative estimate of drug-likeness (QED) is 0.899. The summed E-state index contributed by atoms with van der Waals surface area (Å²) in [6.07, 6.45) is 1.60. The van der Waals surface area contributed by atoms with Crippen molar-refractivity contribution in [3.63, 3.8) is 0 Å². The molecule has 7 nitrogen and oxygen atoms in total. The van der Waals surface area contributed by atoms with E-state index in [0.29, 0.717) is 31.5 Å². The lowest BCUT2D eigenvalue weighted by Gasteiger charge is -2.28. The van der Waals surface area contributed by atoms with Crippen LogP contribution < -0.4 is 10.1 Å². The van der Waals surface area contributed by atoms with E-state index in [1.165, 1.54) is 13.2 Å². The number of methoxy groups -OCH3 is 1. The van der Waals surface area contributed by atoms with Crippen LogP contribution >= 0.6 is 0 Å². The van der Waals surface area contributed by atoms with Gasteiger partial charge in [-0.1, -0.05) is 0 Å². The van der Waals surface area contributed by atoms with Gasteiger partial charge in [-0.25, -0.2) is 9.07 Å². The summed E-state index contributed by atoms with van der Waals surface area (Å²) in [5.41, 5.74) is 1.81. The molecule has 2 aliphatic rings. The molecule has 0 saturated heterocycles. The van der Waals surface area contributed by atoms with Crippen LogP contribution in [0.3, 0.4) is 0 Å². The molecule has 1 aromatic heterocycles. The highest BCUT2D eigenvalue weighted by molar-refractivity contribution is 5.91. The van der Waals surface area contributed by atoms with Crippen molar-refractivity contribution in [3.05, 3.63) is 34.9 Å². The Morgan fingerprint density at radius 2 is 2.20 bits per heavy atom. The largest absolute Gasteiger partial charge is 0.494 e. The van der Waals surface area contributed by atoms with Crippen molar-refractivity contribution >= 4 is 11.9 Å². The summed E-state index contributed by atoms with van der Waals surface area (Å²) < 4.78 is 20.7. The second kappa shape index (κ2) is 6.02. The van der Waals surface area contributed by atoms with Gasteiger partial charge in [0.05, 0.1) is 7.11 Å². The summed E-state index contributed by atoms with van der Waals surface area (Å²) >= 11 is 0. The monoisotopic (exact) mass is 345 g/mol. The number of aryl methyl sites for hydroxylation is 1. The Morgan fingerprint density at radius 3 is 3.00 bits per heavy atom. The molecular weight excluding hydrogens is 325 g/mol. The van der Waals surface area contributed by atoms with E-state index in [-0.39, 0.29) is 17.5 Å². The van der Waals surface area contributed by atoms with Gasteiger partial charge in [0.2, 0.25) is 11.8 Å². The number of carbonyl (C=O) groups is 1. The fourth-order valence-electron chi connectivity index (χ4n) is 3.33. The normalized spacial score (nSPS) is 19.0. The molecule has 1 amide bonds. The third-order valence-electron chi connectivity index (χ3n) is 4.79. The van der Waals surface area contributed by atoms with E-state index >= 15 is 0 Å². The average molecular weight is 345 g/mol. The van der Waals surface area contributed by atoms with Gasteiger partial charge in [0.1, 0.15) is 0 Å². The fourth-order valence-corrected chi connectivity index (χ4v) is 3.33. The maximum atomic E-state index is 14.0. The first-order valence-electron chi connectivity index (χ1n) is 8.41. The number of nitrogens with one attached hydrogen (secondary N) is 1. The molecular formula is C17H20FN5O2. The molecule has 0 spiro atoms. The van der Waals surface area contributed by atoms with Crippen molar-refractivity contribution in [3.8, 4) is 5.75 Å². The number of halogens is 1. The molecule has 1 aromatic carbocycles. The predicted molar refractivity (Wildman–Crippen MR) is 89.1 cm³/mol. The van der Waals surface area contributed by atoms with E-state index in [0.717, 1.165) is 24.1 Å². The minimum atomic E-state index is -0.413. The van der Waals surface area contributed by atoms with Crippen LogP contribution in [0.2, 0.25) is 0 Å². The molecule has 2 aliphatic heterocycles. The van der Waals surface area contributed by atoms with Crippen LogP contribution in [0.25, 0.3) is 0 Å². The number of benzene rings is 1. The van der Waals surface area contributed by atoms with E-state index < -0.39 is 5.82 Å². The first kappa shape index (κ1) is 15.9. The SMILES string of the molecule is COc1cc2c(cc1F)CN(C(=O)c1nc3n(n1)CCC(C)N3)CC2. The van der Waals surface area contributed by atoms with Crippen molar-refractivity contribution in [1.82, 2.24) is 19.7 Å². The number of anilines is 1. The molecule has 1 atom stereocenters. The average Bonchev–Trinajstić information content (AvgIpc) is 3.03. The number of amides is 1. The van der Waals surface area contributed by atoms with E-state index in [9.17, 15) is 9.18 Å². The Kier molecular flexibility index (Phi) is 3.82. The first-order valence-corrected chi connectivity index (χ1v) is 8.41. The van der Waals surface area contributed by atoms with Gasteiger partial charge in [-0.2, -0.15) is 4.98 Å². The summed E-state index contributed by atoms with van der Waals surface area (Å²) in [5, 5.41) is 7.55. The molecule has 4 rings (SSSR count). The summed E-state index contributed by atoms with van der Waals surface area (Å²) in [6, 6.07) is 3.48. The van der Waals surface area contributed by atoms with Crippen LogP contribution in [0.1, 0.15) is 35.1 Å². The molecule has 0 saturated carbocycles. The topological polar surface area (TPSA) is 72.3 Å². The van der Waals surface area contributed by atoms with Gasteiger partial charge in [0, 0.05) is 25.7 Å². The molecule has 0 fully saturated rings. The number of carbonyl (C=O) groups excluding carboxylic acids is 1. The minimum Gasteiger partial charge on any atom is -0.494 e. The lowest BCUT2D eigenvalue weighted by atomic mass is 9.99. The zero-order valence-electron chi connectivity index (χ0n) is 14.3. The van der Waals surface area contributed by atoms with Crippen LogP contribution in [0.5, 0.6) is 5.75 Å². The number of fused-ring (bicyclic) bond motifs is 2. The summed E-state index contributed by atoms with van der Waals surface area (Å²) in [5.74, 6) is 0.425. The van der Waals surface area contributed by atoms with Crippen LogP contribution in [0.4, 0.5) is 10.3 Å². The molecule has 3 heterocycles. The van der Waals surface area contributed by atoms with Crippen molar-refractivity contribution in [2.45, 2.75) is 38.9 Å². The van der Waals surface area contributed by atoms with Crippen molar-refractivity contribution in [2.24, 2.45) is 0 Å². The highest BCUT2D eigenvalue weighted by Gasteiger charge is 2.28. The molecule has 0 aliphatic carbocycles. The second-order valence-electron chi connectivity index (χ2n) is 6.55. The highest BCUT2D eigenvalue weighted by Crippen LogP contribution is 2.27. The standard InChI is InChI=1S/C17H20FN5O2/c1-10-3-6-23-17(19-10)20-15(21-23)16(24)22-5-4-11-8-14(25-2)13(18)7-12(11)9-22/h7-8,10H,3-6,9H2,1-2H3,(H,19,20,21).